The molecule has 0 aromatic rings. The van der Waals surface area contributed by atoms with Gasteiger partial charge in [0, 0.05) is 0 Å². The summed E-state index contributed by atoms with van der Waals surface area (Å²) in [6, 6.07) is 0. The first kappa shape index (κ1) is 10.8. The van der Waals surface area contributed by atoms with Gasteiger partial charge in [-0.25, -0.2) is 0 Å². The molecule has 2 N–H and O–H groups in total. The van der Waals surface area contributed by atoms with E-state index in [1.54, 1.807) is 13.8 Å². The Morgan fingerprint density at radius 2 is 1.38 bits per heavy atom. The van der Waals surface area contributed by atoms with Crippen molar-refractivity contribution in [2.45, 2.75) is 33.3 Å². The lowest BCUT2D eigenvalue weighted by Gasteiger charge is -2.10. The molecule has 0 saturated heterocycles. The van der Waals surface area contributed by atoms with Crippen molar-refractivity contribution in [1.82, 2.24) is 0 Å². The Labute approximate surface area is 51.2 Å². The summed E-state index contributed by atoms with van der Waals surface area (Å²) >= 11 is 0. The summed E-state index contributed by atoms with van der Waals surface area (Å²) in [4.78, 5) is 0. The van der Waals surface area contributed by atoms with Crippen LogP contribution in [0.5, 0.6) is 0 Å². The fraction of sp³-hybridized carbons (Fsp3) is 1.00. The average molecular weight is 120 g/mol. The maximum atomic E-state index is 8.58. The van der Waals surface area contributed by atoms with Gasteiger partial charge in [-0.05, 0) is 13.8 Å². The number of aliphatic hydroxyl groups excluding tert-OH is 1. The van der Waals surface area contributed by atoms with Gasteiger partial charge in [0.15, 0.2) is 0 Å². The van der Waals surface area contributed by atoms with Gasteiger partial charge < -0.3 is 10.2 Å². The number of aliphatic hydroxyl groups is 2. The second-order valence-corrected chi connectivity index (χ2v) is 1.97. The summed E-state index contributed by atoms with van der Waals surface area (Å²) in [5, 5.41) is 16.7. The first-order valence-electron chi connectivity index (χ1n) is 2.89. The Morgan fingerprint density at radius 3 is 1.38 bits per heavy atom. The SMILES string of the molecule is CC.CC(C)(O)CO. The molecule has 0 aliphatic carbocycles. The molecule has 0 bridgehead atoms. The molecule has 8 heavy (non-hydrogen) atoms. The van der Waals surface area contributed by atoms with E-state index in [2.05, 4.69) is 0 Å². The van der Waals surface area contributed by atoms with Crippen molar-refractivity contribution >= 4 is 0 Å². The summed E-state index contributed by atoms with van der Waals surface area (Å²) in [5.41, 5.74) is -0.903. The molecule has 0 spiro atoms. The second-order valence-electron chi connectivity index (χ2n) is 1.97. The van der Waals surface area contributed by atoms with Crippen molar-refractivity contribution in [2.24, 2.45) is 0 Å². The van der Waals surface area contributed by atoms with Crippen LogP contribution in [0, 0.1) is 0 Å². The monoisotopic (exact) mass is 120 g/mol. The van der Waals surface area contributed by atoms with Crippen molar-refractivity contribution in [3.63, 3.8) is 0 Å². The van der Waals surface area contributed by atoms with Gasteiger partial charge >= 0.3 is 0 Å². The molecule has 0 heterocycles. The van der Waals surface area contributed by atoms with E-state index in [1.165, 1.54) is 0 Å². The standard InChI is InChI=1S/C4H10O2.C2H6/c1-4(2,6)3-5;1-2/h5-6H,3H2,1-2H3;1-2H3. The molecule has 0 unspecified atom stereocenters. The van der Waals surface area contributed by atoms with E-state index < -0.39 is 5.60 Å². The van der Waals surface area contributed by atoms with Crippen molar-refractivity contribution in [2.75, 3.05) is 6.61 Å². The zero-order valence-electron chi connectivity index (χ0n) is 6.10. The molecule has 0 radical (unpaired) electrons. The smallest absolute Gasteiger partial charge is 0.0821 e. The molecular weight excluding hydrogens is 104 g/mol. The van der Waals surface area contributed by atoms with E-state index in [9.17, 15) is 0 Å². The maximum Gasteiger partial charge on any atom is 0.0821 e. The van der Waals surface area contributed by atoms with Crippen LogP contribution in [0.25, 0.3) is 0 Å². The van der Waals surface area contributed by atoms with Gasteiger partial charge in [-0.15, -0.1) is 0 Å². The zero-order chi connectivity index (χ0) is 7.21. The van der Waals surface area contributed by atoms with Crippen LogP contribution in [0.1, 0.15) is 27.7 Å². The number of hydrogen-bond acceptors (Lipinski definition) is 2. The molecule has 2 heteroatoms. The van der Waals surface area contributed by atoms with Crippen molar-refractivity contribution < 1.29 is 10.2 Å². The van der Waals surface area contributed by atoms with E-state index in [4.69, 9.17) is 10.2 Å². The van der Waals surface area contributed by atoms with E-state index in [-0.39, 0.29) is 6.61 Å². The largest absolute Gasteiger partial charge is 0.393 e. The Hall–Kier alpha value is -0.0800. The van der Waals surface area contributed by atoms with Crippen LogP contribution in [-0.4, -0.2) is 22.4 Å². The minimum Gasteiger partial charge on any atom is -0.393 e. The Kier molecular flexibility index (Phi) is 6.85. The fourth-order valence-electron chi connectivity index (χ4n) is 0. The normalized spacial score (nSPS) is 9.75. The lowest BCUT2D eigenvalue weighted by molar-refractivity contribution is 0.0183. The van der Waals surface area contributed by atoms with Crippen LogP contribution >= 0.6 is 0 Å². The second kappa shape index (κ2) is 5.06. The molecule has 0 aliphatic rings. The minimum atomic E-state index is -0.903. The van der Waals surface area contributed by atoms with Crippen LogP contribution in [0.15, 0.2) is 0 Å². The third-order valence-corrected chi connectivity index (χ3v) is 0.387. The van der Waals surface area contributed by atoms with E-state index in [1.807, 2.05) is 13.8 Å². The topological polar surface area (TPSA) is 40.5 Å². The summed E-state index contributed by atoms with van der Waals surface area (Å²) in [6.45, 7) is 6.92. The molecule has 0 aromatic heterocycles. The molecule has 0 saturated carbocycles. The van der Waals surface area contributed by atoms with Gasteiger partial charge in [-0.2, -0.15) is 0 Å². The van der Waals surface area contributed by atoms with Crippen molar-refractivity contribution in [3.8, 4) is 0 Å². The number of rotatable bonds is 1. The third-order valence-electron chi connectivity index (χ3n) is 0.387. The quantitative estimate of drug-likeness (QED) is 0.536. The minimum absolute atomic E-state index is 0.174. The Bertz CT molecular complexity index is 36.3. The van der Waals surface area contributed by atoms with Crippen LogP contribution < -0.4 is 0 Å². The van der Waals surface area contributed by atoms with E-state index >= 15 is 0 Å². The van der Waals surface area contributed by atoms with Gasteiger partial charge in [0.1, 0.15) is 0 Å². The van der Waals surface area contributed by atoms with Gasteiger partial charge in [-0.3, -0.25) is 0 Å². The molecule has 0 amide bonds. The van der Waals surface area contributed by atoms with Crippen LogP contribution in [0.4, 0.5) is 0 Å². The van der Waals surface area contributed by atoms with Crippen molar-refractivity contribution in [3.05, 3.63) is 0 Å². The Morgan fingerprint density at radius 1 is 1.25 bits per heavy atom. The number of hydrogen-bond donors (Lipinski definition) is 2. The molecular formula is C6H16O2. The highest BCUT2D eigenvalue weighted by Gasteiger charge is 2.07. The van der Waals surface area contributed by atoms with E-state index in [0.717, 1.165) is 0 Å². The van der Waals surface area contributed by atoms with Crippen LogP contribution in [-0.2, 0) is 0 Å². The fourth-order valence-corrected chi connectivity index (χ4v) is 0. The van der Waals surface area contributed by atoms with E-state index in [0.29, 0.717) is 0 Å². The first-order chi connectivity index (χ1) is 3.56. The van der Waals surface area contributed by atoms with Gasteiger partial charge in [0.2, 0.25) is 0 Å². The van der Waals surface area contributed by atoms with Gasteiger partial charge in [0.25, 0.3) is 0 Å². The Balaban J connectivity index is 0. The van der Waals surface area contributed by atoms with Crippen LogP contribution in [0.2, 0.25) is 0 Å². The highest BCUT2D eigenvalue weighted by Crippen LogP contribution is 1.95. The van der Waals surface area contributed by atoms with Crippen LogP contribution in [0.3, 0.4) is 0 Å². The van der Waals surface area contributed by atoms with Gasteiger partial charge in [0.05, 0.1) is 12.2 Å². The zero-order valence-corrected chi connectivity index (χ0v) is 6.10. The van der Waals surface area contributed by atoms with Crippen molar-refractivity contribution in [1.29, 1.82) is 0 Å². The predicted molar refractivity (Wildman–Crippen MR) is 34.7 cm³/mol. The summed E-state index contributed by atoms with van der Waals surface area (Å²) in [5.74, 6) is 0. The average Bonchev–Trinajstić information content (AvgIpc) is 1.71. The summed E-state index contributed by atoms with van der Waals surface area (Å²) < 4.78 is 0. The predicted octanol–water partition coefficient (Wildman–Crippen LogP) is 0.776. The molecule has 0 aliphatic heterocycles. The highest BCUT2D eigenvalue weighted by atomic mass is 16.3. The molecule has 0 rings (SSSR count). The molecule has 0 fully saturated rings. The first-order valence-corrected chi connectivity index (χ1v) is 2.89. The molecule has 0 aromatic carbocycles. The highest BCUT2D eigenvalue weighted by molar-refractivity contribution is 4.59. The lowest BCUT2D eigenvalue weighted by Crippen LogP contribution is -2.23. The maximum absolute atomic E-state index is 8.58. The lowest BCUT2D eigenvalue weighted by atomic mass is 10.2. The summed E-state index contributed by atoms with van der Waals surface area (Å²) in [7, 11) is 0. The molecule has 2 nitrogen and oxygen atoms in total. The third kappa shape index (κ3) is 16.8. The molecule has 52 valence electrons. The van der Waals surface area contributed by atoms with Gasteiger partial charge in [-0.1, -0.05) is 13.8 Å². The summed E-state index contributed by atoms with van der Waals surface area (Å²) in [6.07, 6.45) is 0. The molecule has 0 atom stereocenters.